The van der Waals surface area contributed by atoms with Gasteiger partial charge in [0.2, 0.25) is 0 Å². The molecule has 412 valence electrons. The van der Waals surface area contributed by atoms with Crippen molar-refractivity contribution >= 4 is 51.2 Å². The molecule has 14 rings (SSSR count). The number of aryl methyl sites for hydroxylation is 4. The molecule has 11 aromatic rings. The van der Waals surface area contributed by atoms with E-state index in [-0.39, 0.29) is 10.8 Å². The molecule has 0 bridgehead atoms. The summed E-state index contributed by atoms with van der Waals surface area (Å²) in [6.07, 6.45) is 0. The highest BCUT2D eigenvalue weighted by Gasteiger charge is 2.47. The summed E-state index contributed by atoms with van der Waals surface area (Å²) >= 11 is 0. The molecular weight excluding hydrogens is 1010 g/mol. The van der Waals surface area contributed by atoms with Crippen LogP contribution < -0.4 is 14.7 Å². The molecule has 0 unspecified atom stereocenters. The van der Waals surface area contributed by atoms with E-state index in [0.29, 0.717) is 0 Å². The van der Waals surface area contributed by atoms with Crippen molar-refractivity contribution in [2.24, 2.45) is 0 Å². The number of anilines is 9. The van der Waals surface area contributed by atoms with Crippen LogP contribution in [-0.4, -0.2) is 0 Å². The monoisotopic (exact) mass is 1090 g/mol. The maximum absolute atomic E-state index is 2.50. The molecule has 2 aliphatic carbocycles. The first-order valence-corrected chi connectivity index (χ1v) is 30.0. The number of fused-ring (bicyclic) bond motifs is 8. The first kappa shape index (κ1) is 52.9. The summed E-state index contributed by atoms with van der Waals surface area (Å²) in [5.74, 6) is 0. The minimum absolute atomic E-state index is 0.149. The van der Waals surface area contributed by atoms with Crippen molar-refractivity contribution in [1.29, 1.82) is 0 Å². The van der Waals surface area contributed by atoms with E-state index in [2.05, 4.69) is 322 Å². The number of hydrogen-bond donors (Lipinski definition) is 0. The lowest BCUT2D eigenvalue weighted by atomic mass is 9.62. The second-order valence-corrected chi connectivity index (χ2v) is 25.3. The number of hydrogen-bond acceptors (Lipinski definition) is 3. The van der Waals surface area contributed by atoms with Gasteiger partial charge in [0.15, 0.2) is 0 Å². The minimum Gasteiger partial charge on any atom is -0.310 e. The van der Waals surface area contributed by atoms with E-state index < -0.39 is 5.41 Å². The zero-order valence-corrected chi connectivity index (χ0v) is 50.7. The number of rotatable bonds is 9. The molecule has 0 saturated heterocycles. The molecule has 0 saturated carbocycles. The standard InChI is InChI=1S/C81H73N3/c1-50-25-34-62(35-26-50)84-77-24-18-17-23-71(77)81(74-47-51(2)27-44-78(74)84,58-30-36-60(37-31-58)82(75-45-28-52(3)54(5)56(75)7)63-40-42-67-65-19-13-15-21-69(65)79(9,10)72(67)48-63)59-32-38-61(39-33-59)83(76-46-29-53(4)55(6)57(76)8)64-41-43-68-66-20-14-16-22-70(66)80(11,12)73(68)49-64/h13-49H,1-12H3. The highest BCUT2D eigenvalue weighted by Crippen LogP contribution is 2.59. The van der Waals surface area contributed by atoms with Crippen LogP contribution in [-0.2, 0) is 16.2 Å². The second kappa shape index (κ2) is 19.5. The summed E-state index contributed by atoms with van der Waals surface area (Å²) in [6, 6.07) is 86.0. The molecule has 3 aliphatic rings. The molecule has 3 heteroatoms. The minimum atomic E-state index is -0.745. The smallest absolute Gasteiger partial charge is 0.0742 e. The van der Waals surface area contributed by atoms with Crippen LogP contribution in [0.4, 0.5) is 51.2 Å². The molecule has 0 aromatic heterocycles. The van der Waals surface area contributed by atoms with E-state index >= 15 is 0 Å². The van der Waals surface area contributed by atoms with Crippen LogP contribution in [0.5, 0.6) is 0 Å². The van der Waals surface area contributed by atoms with Gasteiger partial charge >= 0.3 is 0 Å². The number of nitrogens with zero attached hydrogens (tertiary/aromatic N) is 3. The third-order valence-electron chi connectivity index (χ3n) is 19.9. The van der Waals surface area contributed by atoms with E-state index in [1.807, 2.05) is 0 Å². The van der Waals surface area contributed by atoms with Crippen molar-refractivity contribution in [3.8, 4) is 22.3 Å². The van der Waals surface area contributed by atoms with E-state index in [1.165, 1.54) is 128 Å². The summed E-state index contributed by atoms with van der Waals surface area (Å²) in [5.41, 5.74) is 35.2. The molecule has 0 amide bonds. The molecule has 0 radical (unpaired) electrons. The van der Waals surface area contributed by atoms with Crippen LogP contribution in [0, 0.1) is 55.4 Å². The molecule has 0 spiro atoms. The molecule has 0 fully saturated rings. The lowest BCUT2D eigenvalue weighted by Gasteiger charge is -2.47. The van der Waals surface area contributed by atoms with Crippen molar-refractivity contribution in [2.75, 3.05) is 14.7 Å². The van der Waals surface area contributed by atoms with E-state index in [4.69, 9.17) is 0 Å². The molecule has 11 aromatic carbocycles. The molecule has 3 nitrogen and oxygen atoms in total. The lowest BCUT2D eigenvalue weighted by Crippen LogP contribution is -2.38. The van der Waals surface area contributed by atoms with Gasteiger partial charge in [-0.2, -0.15) is 0 Å². The topological polar surface area (TPSA) is 9.72 Å². The Morgan fingerprint density at radius 3 is 1.19 bits per heavy atom. The Morgan fingerprint density at radius 1 is 0.298 bits per heavy atom. The molecule has 84 heavy (non-hydrogen) atoms. The Hall–Kier alpha value is -9.18. The van der Waals surface area contributed by atoms with Gasteiger partial charge in [0.25, 0.3) is 0 Å². The van der Waals surface area contributed by atoms with Crippen LogP contribution in [0.3, 0.4) is 0 Å². The fourth-order valence-electron chi connectivity index (χ4n) is 14.8. The fourth-order valence-corrected chi connectivity index (χ4v) is 14.8. The number of benzene rings is 11. The van der Waals surface area contributed by atoms with E-state index in [1.54, 1.807) is 0 Å². The zero-order chi connectivity index (χ0) is 58.1. The third-order valence-corrected chi connectivity index (χ3v) is 19.9. The van der Waals surface area contributed by atoms with Crippen molar-refractivity contribution < 1.29 is 0 Å². The van der Waals surface area contributed by atoms with Crippen LogP contribution in [0.2, 0.25) is 0 Å². The van der Waals surface area contributed by atoms with Gasteiger partial charge < -0.3 is 14.7 Å². The van der Waals surface area contributed by atoms with E-state index in [0.717, 1.165) is 34.1 Å². The average molecular weight is 1090 g/mol. The SMILES string of the molecule is Cc1ccc(N2c3ccccc3C(c3ccc(N(c4ccc5c(c4)C(C)(C)c4ccccc4-5)c4ccc(C)c(C)c4C)cc3)(c3ccc(N(c4ccc5c(c4)C(C)(C)c4ccccc4-5)c4ccc(C)c(C)c4C)cc3)c3cc(C)ccc32)cc1. The summed E-state index contributed by atoms with van der Waals surface area (Å²) < 4.78 is 0. The van der Waals surface area contributed by atoms with Gasteiger partial charge in [-0.1, -0.05) is 178 Å². The Kier molecular flexibility index (Phi) is 12.2. The van der Waals surface area contributed by atoms with Crippen LogP contribution in [0.1, 0.15) is 117 Å². The van der Waals surface area contributed by atoms with Gasteiger partial charge in [0, 0.05) is 50.6 Å². The maximum Gasteiger partial charge on any atom is 0.0742 e. The van der Waals surface area contributed by atoms with Crippen LogP contribution in [0.25, 0.3) is 22.3 Å². The maximum atomic E-state index is 2.50. The summed E-state index contributed by atoms with van der Waals surface area (Å²) in [7, 11) is 0. The molecule has 0 atom stereocenters. The first-order valence-electron chi connectivity index (χ1n) is 30.0. The average Bonchev–Trinajstić information content (AvgIpc) is 1.24. The Labute approximate surface area is 498 Å². The largest absolute Gasteiger partial charge is 0.310 e. The van der Waals surface area contributed by atoms with Crippen molar-refractivity contribution in [1.82, 2.24) is 0 Å². The van der Waals surface area contributed by atoms with Gasteiger partial charge in [-0.25, -0.2) is 0 Å². The zero-order valence-electron chi connectivity index (χ0n) is 50.7. The molecular formula is C81H73N3. The van der Waals surface area contributed by atoms with Crippen LogP contribution in [0.15, 0.2) is 224 Å². The van der Waals surface area contributed by atoms with Gasteiger partial charge in [0.05, 0.1) is 16.8 Å². The molecule has 1 aliphatic heterocycles. The predicted molar refractivity (Wildman–Crippen MR) is 355 cm³/mol. The van der Waals surface area contributed by atoms with Gasteiger partial charge in [0.1, 0.15) is 0 Å². The highest BCUT2D eigenvalue weighted by molar-refractivity contribution is 5.92. The Morgan fingerprint density at radius 2 is 0.702 bits per heavy atom. The first-order chi connectivity index (χ1) is 40.5. The van der Waals surface area contributed by atoms with E-state index in [9.17, 15) is 0 Å². The summed E-state index contributed by atoms with van der Waals surface area (Å²) in [4.78, 5) is 7.49. The number of para-hydroxylation sites is 1. The lowest BCUT2D eigenvalue weighted by molar-refractivity contribution is 0.660. The van der Waals surface area contributed by atoms with Gasteiger partial charge in [-0.15, -0.1) is 0 Å². The predicted octanol–water partition coefficient (Wildman–Crippen LogP) is 21.9. The van der Waals surface area contributed by atoms with Crippen molar-refractivity contribution in [2.45, 2.75) is 99.3 Å². The fraction of sp³-hybridized carbons (Fsp3) is 0.185. The second-order valence-electron chi connectivity index (χ2n) is 25.3. The van der Waals surface area contributed by atoms with Gasteiger partial charge in [-0.05, 0) is 240 Å². The van der Waals surface area contributed by atoms with Crippen molar-refractivity contribution in [3.05, 3.63) is 313 Å². The quantitative estimate of drug-likeness (QED) is 0.143. The van der Waals surface area contributed by atoms with Crippen molar-refractivity contribution in [3.63, 3.8) is 0 Å². The molecule has 1 heterocycles. The van der Waals surface area contributed by atoms with Gasteiger partial charge in [-0.3, -0.25) is 0 Å². The third kappa shape index (κ3) is 7.84. The Balaban J connectivity index is 0.983. The Bertz CT molecular complexity index is 4250. The van der Waals surface area contributed by atoms with Crippen LogP contribution >= 0.6 is 0 Å². The summed E-state index contributed by atoms with van der Waals surface area (Å²) in [6.45, 7) is 27.5. The summed E-state index contributed by atoms with van der Waals surface area (Å²) in [5, 5.41) is 0. The normalized spacial score (nSPS) is 14.5. The molecule has 0 N–H and O–H groups in total. The highest BCUT2D eigenvalue weighted by atomic mass is 15.2.